The average molecular weight is 472 g/mol. The van der Waals surface area contributed by atoms with Crippen molar-refractivity contribution in [2.24, 2.45) is 0 Å². The normalized spacial score (nSPS) is 10.7. The van der Waals surface area contributed by atoms with Crippen molar-refractivity contribution in [1.82, 2.24) is 4.98 Å². The van der Waals surface area contributed by atoms with Crippen LogP contribution in [0.5, 0.6) is 11.5 Å². The predicted molar refractivity (Wildman–Crippen MR) is 103 cm³/mol. The Hall–Kier alpha value is -1.64. The fourth-order valence-electron chi connectivity index (χ4n) is 2.19. The molecule has 3 aromatic rings. The fourth-order valence-corrected chi connectivity index (χ4v) is 4.46. The summed E-state index contributed by atoms with van der Waals surface area (Å²) in [5.74, 6) is 0.931. The van der Waals surface area contributed by atoms with E-state index >= 15 is 0 Å². The molecule has 1 aromatic heterocycles. The van der Waals surface area contributed by atoms with Crippen LogP contribution in [0.2, 0.25) is 0 Å². The van der Waals surface area contributed by atoms with Crippen LogP contribution < -0.4 is 14.8 Å². The van der Waals surface area contributed by atoms with Crippen LogP contribution in [0.3, 0.4) is 0 Å². The van der Waals surface area contributed by atoms with E-state index < -0.39 is 0 Å². The zero-order valence-corrected chi connectivity index (χ0v) is 16.7. The first-order valence-corrected chi connectivity index (χ1v) is 9.21. The Labute approximate surface area is 159 Å². The molecule has 0 bridgehead atoms. The Morgan fingerprint density at radius 1 is 1.17 bits per heavy atom. The van der Waals surface area contributed by atoms with Crippen LogP contribution in [-0.4, -0.2) is 25.1 Å². The van der Waals surface area contributed by atoms with Crippen LogP contribution >= 0.6 is 43.2 Å². The van der Waals surface area contributed by atoms with E-state index in [9.17, 15) is 4.79 Å². The van der Waals surface area contributed by atoms with E-state index in [1.54, 1.807) is 13.2 Å². The average Bonchev–Trinajstić information content (AvgIpc) is 2.95. The molecule has 0 unspecified atom stereocenters. The second-order valence-electron chi connectivity index (χ2n) is 4.78. The SMILES string of the molecule is COc1ccc2nc(NC(=O)c3cc(Br)cc(Br)c3OC)sc2c1. The number of rotatable bonds is 4. The van der Waals surface area contributed by atoms with Crippen molar-refractivity contribution in [2.45, 2.75) is 0 Å². The lowest BCUT2D eigenvalue weighted by Crippen LogP contribution is -2.13. The van der Waals surface area contributed by atoms with Gasteiger partial charge in [-0.3, -0.25) is 10.1 Å². The van der Waals surface area contributed by atoms with Gasteiger partial charge in [-0.25, -0.2) is 4.98 Å². The largest absolute Gasteiger partial charge is 0.497 e. The Morgan fingerprint density at radius 3 is 2.67 bits per heavy atom. The van der Waals surface area contributed by atoms with Crippen LogP contribution in [0.15, 0.2) is 39.3 Å². The lowest BCUT2D eigenvalue weighted by molar-refractivity contribution is 0.102. The van der Waals surface area contributed by atoms with E-state index in [-0.39, 0.29) is 5.91 Å². The minimum Gasteiger partial charge on any atom is -0.497 e. The van der Waals surface area contributed by atoms with Crippen LogP contribution in [0, 0.1) is 0 Å². The molecule has 0 aliphatic carbocycles. The highest BCUT2D eigenvalue weighted by atomic mass is 79.9. The molecule has 0 aliphatic heterocycles. The molecule has 1 N–H and O–H groups in total. The summed E-state index contributed by atoms with van der Waals surface area (Å²) in [5, 5.41) is 3.34. The number of carbonyl (C=O) groups is 1. The van der Waals surface area contributed by atoms with Crippen molar-refractivity contribution < 1.29 is 14.3 Å². The Balaban J connectivity index is 1.92. The van der Waals surface area contributed by atoms with Crippen LogP contribution in [0.1, 0.15) is 10.4 Å². The van der Waals surface area contributed by atoms with Gasteiger partial charge in [0.05, 0.1) is 34.5 Å². The summed E-state index contributed by atoms with van der Waals surface area (Å²) in [6, 6.07) is 9.10. The maximum absolute atomic E-state index is 12.6. The zero-order chi connectivity index (χ0) is 17.3. The number of carbonyl (C=O) groups excluding carboxylic acids is 1. The molecular formula is C16H12Br2N2O3S. The van der Waals surface area contributed by atoms with Gasteiger partial charge >= 0.3 is 0 Å². The third-order valence-electron chi connectivity index (χ3n) is 3.27. The number of benzene rings is 2. The van der Waals surface area contributed by atoms with Gasteiger partial charge in [0.15, 0.2) is 5.13 Å². The number of nitrogens with one attached hydrogen (secondary N) is 1. The second-order valence-corrected chi connectivity index (χ2v) is 7.58. The highest BCUT2D eigenvalue weighted by Crippen LogP contribution is 2.34. The molecule has 1 amide bonds. The van der Waals surface area contributed by atoms with Gasteiger partial charge in [0.25, 0.3) is 5.91 Å². The minimum absolute atomic E-state index is 0.292. The van der Waals surface area contributed by atoms with E-state index in [1.807, 2.05) is 24.3 Å². The van der Waals surface area contributed by atoms with Crippen LogP contribution in [0.4, 0.5) is 5.13 Å². The molecule has 124 valence electrons. The monoisotopic (exact) mass is 470 g/mol. The molecule has 24 heavy (non-hydrogen) atoms. The number of halogens is 2. The smallest absolute Gasteiger partial charge is 0.261 e. The molecular weight excluding hydrogens is 460 g/mol. The lowest BCUT2D eigenvalue weighted by Gasteiger charge is -2.10. The Kier molecular flexibility index (Phi) is 5.07. The lowest BCUT2D eigenvalue weighted by atomic mass is 10.2. The summed E-state index contributed by atoms with van der Waals surface area (Å²) in [6.45, 7) is 0. The molecule has 0 saturated carbocycles. The predicted octanol–water partition coefficient (Wildman–Crippen LogP) is 5.09. The zero-order valence-electron chi connectivity index (χ0n) is 12.7. The third-order valence-corrected chi connectivity index (χ3v) is 5.25. The fraction of sp³-hybridized carbons (Fsp3) is 0.125. The molecule has 0 fully saturated rings. The van der Waals surface area contributed by atoms with E-state index in [0.29, 0.717) is 20.9 Å². The van der Waals surface area contributed by atoms with Gasteiger partial charge in [-0.05, 0) is 46.3 Å². The minimum atomic E-state index is -0.292. The van der Waals surface area contributed by atoms with Crippen molar-refractivity contribution >= 4 is 64.5 Å². The maximum Gasteiger partial charge on any atom is 0.261 e. The number of hydrogen-bond donors (Lipinski definition) is 1. The number of thiazole rings is 1. The Bertz CT molecular complexity index is 927. The number of aromatic nitrogens is 1. The maximum atomic E-state index is 12.6. The van der Waals surface area contributed by atoms with Crippen molar-refractivity contribution in [2.75, 3.05) is 19.5 Å². The summed E-state index contributed by atoms with van der Waals surface area (Å²) >= 11 is 8.16. The Morgan fingerprint density at radius 2 is 1.96 bits per heavy atom. The van der Waals surface area contributed by atoms with E-state index in [2.05, 4.69) is 42.2 Å². The number of hydrogen-bond acceptors (Lipinski definition) is 5. The number of anilines is 1. The van der Waals surface area contributed by atoms with E-state index in [4.69, 9.17) is 9.47 Å². The summed E-state index contributed by atoms with van der Waals surface area (Å²) in [5.41, 5.74) is 1.22. The topological polar surface area (TPSA) is 60.5 Å². The van der Waals surface area contributed by atoms with Gasteiger partial charge in [-0.15, -0.1) is 0 Å². The number of methoxy groups -OCH3 is 2. The van der Waals surface area contributed by atoms with Gasteiger partial charge in [0.1, 0.15) is 11.5 Å². The van der Waals surface area contributed by atoms with Crippen molar-refractivity contribution in [3.63, 3.8) is 0 Å². The first kappa shape index (κ1) is 17.2. The summed E-state index contributed by atoms with van der Waals surface area (Å²) in [7, 11) is 3.14. The third kappa shape index (κ3) is 3.40. The molecule has 2 aromatic carbocycles. The van der Waals surface area contributed by atoms with Crippen molar-refractivity contribution in [3.8, 4) is 11.5 Å². The van der Waals surface area contributed by atoms with Gasteiger partial charge in [0, 0.05) is 4.47 Å². The van der Waals surface area contributed by atoms with Gasteiger partial charge < -0.3 is 9.47 Å². The molecule has 0 saturated heterocycles. The van der Waals surface area contributed by atoms with E-state index in [0.717, 1.165) is 20.4 Å². The molecule has 0 radical (unpaired) electrons. The highest BCUT2D eigenvalue weighted by Gasteiger charge is 2.18. The van der Waals surface area contributed by atoms with Crippen molar-refractivity contribution in [3.05, 3.63) is 44.8 Å². The number of fused-ring (bicyclic) bond motifs is 1. The molecule has 8 heteroatoms. The summed E-state index contributed by atoms with van der Waals surface area (Å²) in [6.07, 6.45) is 0. The van der Waals surface area contributed by atoms with Crippen molar-refractivity contribution in [1.29, 1.82) is 0 Å². The van der Waals surface area contributed by atoms with E-state index in [1.165, 1.54) is 18.4 Å². The first-order valence-electron chi connectivity index (χ1n) is 6.81. The van der Waals surface area contributed by atoms with Gasteiger partial charge in [0.2, 0.25) is 0 Å². The van der Waals surface area contributed by atoms with Gasteiger partial charge in [-0.1, -0.05) is 27.3 Å². The standard InChI is InChI=1S/C16H12Br2N2O3S/c1-22-9-3-4-12-13(7-9)24-16(19-12)20-15(21)10-5-8(17)6-11(18)14(10)23-2/h3-7H,1-2H3,(H,19,20,21). The van der Waals surface area contributed by atoms with Crippen LogP contribution in [-0.2, 0) is 0 Å². The molecule has 0 spiro atoms. The van der Waals surface area contributed by atoms with Crippen LogP contribution in [0.25, 0.3) is 10.2 Å². The second kappa shape index (κ2) is 7.08. The van der Waals surface area contributed by atoms with Gasteiger partial charge in [-0.2, -0.15) is 0 Å². The number of amides is 1. The molecule has 1 heterocycles. The molecule has 5 nitrogen and oxygen atoms in total. The number of nitrogens with zero attached hydrogens (tertiary/aromatic N) is 1. The molecule has 3 rings (SSSR count). The number of ether oxygens (including phenoxy) is 2. The molecule has 0 aliphatic rings. The quantitative estimate of drug-likeness (QED) is 0.575. The summed E-state index contributed by atoms with van der Waals surface area (Å²) in [4.78, 5) is 17.0. The first-order chi connectivity index (χ1) is 11.5. The molecule has 0 atom stereocenters. The summed E-state index contributed by atoms with van der Waals surface area (Å²) < 4.78 is 12.9. The highest BCUT2D eigenvalue weighted by molar-refractivity contribution is 9.11.